The highest BCUT2D eigenvalue weighted by Gasteiger charge is 2.08. The van der Waals surface area contributed by atoms with E-state index < -0.39 is 0 Å². The minimum absolute atomic E-state index is 0.0722. The molecule has 6 heteroatoms. The second kappa shape index (κ2) is 7.15. The van der Waals surface area contributed by atoms with Crippen LogP contribution in [0.2, 0.25) is 0 Å². The maximum Gasteiger partial charge on any atom is 0.234 e. The zero-order valence-electron chi connectivity index (χ0n) is 10.4. The Hall–Kier alpha value is -0.980. The van der Waals surface area contributed by atoms with Crippen molar-refractivity contribution < 1.29 is 4.79 Å². The number of halogens is 2. The molecule has 104 valence electrons. The van der Waals surface area contributed by atoms with Crippen molar-refractivity contribution in [3.63, 3.8) is 0 Å². The zero-order chi connectivity index (χ0) is 14.5. The lowest BCUT2D eigenvalue weighted by Gasteiger charge is -2.08. The number of hydrogen-bond donors (Lipinski definition) is 2. The van der Waals surface area contributed by atoms with Gasteiger partial charge in [0.1, 0.15) is 0 Å². The van der Waals surface area contributed by atoms with Gasteiger partial charge in [0, 0.05) is 19.5 Å². The first-order valence-electron chi connectivity index (χ1n) is 5.78. The third kappa shape index (κ3) is 4.26. The number of para-hydroxylation sites is 1. The van der Waals surface area contributed by atoms with E-state index in [1.807, 2.05) is 42.5 Å². The van der Waals surface area contributed by atoms with Crippen molar-refractivity contribution in [2.45, 2.75) is 4.90 Å². The van der Waals surface area contributed by atoms with Gasteiger partial charge in [-0.3, -0.25) is 4.79 Å². The smallest absolute Gasteiger partial charge is 0.234 e. The molecule has 2 aromatic carbocycles. The number of anilines is 2. The zero-order valence-corrected chi connectivity index (χ0v) is 14.4. The first-order chi connectivity index (χ1) is 9.56. The molecule has 0 bridgehead atoms. The highest BCUT2D eigenvalue weighted by Crippen LogP contribution is 2.27. The average Bonchev–Trinajstić information content (AvgIpc) is 2.42. The van der Waals surface area contributed by atoms with Crippen LogP contribution in [-0.4, -0.2) is 11.7 Å². The van der Waals surface area contributed by atoms with Crippen LogP contribution in [0.1, 0.15) is 0 Å². The Morgan fingerprint density at radius 2 is 1.95 bits per heavy atom. The van der Waals surface area contributed by atoms with Crippen molar-refractivity contribution in [3.05, 3.63) is 51.4 Å². The van der Waals surface area contributed by atoms with Crippen molar-refractivity contribution in [2.24, 2.45) is 0 Å². The molecule has 0 fully saturated rings. The van der Waals surface area contributed by atoms with Crippen LogP contribution in [0.4, 0.5) is 11.4 Å². The molecule has 1 amide bonds. The highest BCUT2D eigenvalue weighted by atomic mass is 79.9. The fraction of sp³-hybridized carbons (Fsp3) is 0.0714. The minimum atomic E-state index is -0.0722. The molecule has 0 aliphatic heterocycles. The van der Waals surface area contributed by atoms with Crippen LogP contribution in [-0.2, 0) is 4.79 Å². The molecular formula is C14H12Br2N2OS. The summed E-state index contributed by atoms with van der Waals surface area (Å²) in [7, 11) is 0. The Balaban J connectivity index is 1.96. The molecule has 3 N–H and O–H groups in total. The van der Waals surface area contributed by atoms with E-state index in [2.05, 4.69) is 37.2 Å². The summed E-state index contributed by atoms with van der Waals surface area (Å²) in [6.07, 6.45) is 0. The first-order valence-corrected chi connectivity index (χ1v) is 8.35. The molecule has 0 aliphatic carbocycles. The summed E-state index contributed by atoms with van der Waals surface area (Å²) < 4.78 is 1.76. The Labute approximate surface area is 138 Å². The summed E-state index contributed by atoms with van der Waals surface area (Å²) >= 11 is 8.20. The SMILES string of the molecule is Nc1ccccc1SCC(=O)Nc1cc(Br)ccc1Br. The summed E-state index contributed by atoms with van der Waals surface area (Å²) in [5, 5.41) is 2.86. The van der Waals surface area contributed by atoms with Gasteiger partial charge in [-0.25, -0.2) is 0 Å². The lowest BCUT2D eigenvalue weighted by molar-refractivity contribution is -0.113. The standard InChI is InChI=1S/C14H12Br2N2OS/c15-9-5-6-10(16)12(7-9)18-14(19)8-20-13-4-2-1-3-11(13)17/h1-7H,8,17H2,(H,18,19). The van der Waals surface area contributed by atoms with Crippen LogP contribution in [0, 0.1) is 0 Å². The van der Waals surface area contributed by atoms with E-state index in [-0.39, 0.29) is 5.91 Å². The van der Waals surface area contributed by atoms with Crippen molar-refractivity contribution in [1.29, 1.82) is 0 Å². The molecule has 0 aromatic heterocycles. The number of benzene rings is 2. The molecule has 0 saturated heterocycles. The van der Waals surface area contributed by atoms with Crippen LogP contribution in [0.5, 0.6) is 0 Å². The predicted octanol–water partition coefficient (Wildman–Crippen LogP) is 4.52. The van der Waals surface area contributed by atoms with Crippen LogP contribution in [0.15, 0.2) is 56.3 Å². The molecule has 0 radical (unpaired) electrons. The molecule has 0 heterocycles. The van der Waals surface area contributed by atoms with Crippen molar-refractivity contribution in [2.75, 3.05) is 16.8 Å². The van der Waals surface area contributed by atoms with Gasteiger partial charge in [0.2, 0.25) is 5.91 Å². The van der Waals surface area contributed by atoms with Gasteiger partial charge >= 0.3 is 0 Å². The fourth-order valence-electron chi connectivity index (χ4n) is 1.53. The molecule has 0 spiro atoms. The molecule has 0 unspecified atom stereocenters. The van der Waals surface area contributed by atoms with Gasteiger partial charge in [0.15, 0.2) is 0 Å². The second-order valence-electron chi connectivity index (χ2n) is 4.00. The third-order valence-corrected chi connectivity index (χ3v) is 4.75. The van der Waals surface area contributed by atoms with Gasteiger partial charge in [-0.15, -0.1) is 11.8 Å². The number of nitrogens with two attached hydrogens (primary N) is 1. The molecule has 0 atom stereocenters. The number of amides is 1. The summed E-state index contributed by atoms with van der Waals surface area (Å²) in [6.45, 7) is 0. The van der Waals surface area contributed by atoms with E-state index in [0.29, 0.717) is 11.4 Å². The lowest BCUT2D eigenvalue weighted by atomic mass is 10.3. The van der Waals surface area contributed by atoms with Crippen molar-refractivity contribution in [3.8, 4) is 0 Å². The van der Waals surface area contributed by atoms with E-state index in [4.69, 9.17) is 5.73 Å². The number of carbonyl (C=O) groups is 1. The second-order valence-corrected chi connectivity index (χ2v) is 6.79. The summed E-state index contributed by atoms with van der Waals surface area (Å²) in [6, 6.07) is 13.1. The topological polar surface area (TPSA) is 55.1 Å². The van der Waals surface area contributed by atoms with Gasteiger partial charge < -0.3 is 11.1 Å². The quantitative estimate of drug-likeness (QED) is 0.569. The number of rotatable bonds is 4. The number of nitrogen functional groups attached to an aromatic ring is 1. The van der Waals surface area contributed by atoms with Gasteiger partial charge in [-0.05, 0) is 46.3 Å². The lowest BCUT2D eigenvalue weighted by Crippen LogP contribution is -2.14. The predicted molar refractivity (Wildman–Crippen MR) is 92.1 cm³/mol. The van der Waals surface area contributed by atoms with Crippen molar-refractivity contribution >= 4 is 60.9 Å². The van der Waals surface area contributed by atoms with E-state index >= 15 is 0 Å². The van der Waals surface area contributed by atoms with Crippen LogP contribution in [0.25, 0.3) is 0 Å². The summed E-state index contributed by atoms with van der Waals surface area (Å²) in [5.74, 6) is 0.240. The average molecular weight is 416 g/mol. The summed E-state index contributed by atoms with van der Waals surface area (Å²) in [5.41, 5.74) is 7.27. The highest BCUT2D eigenvalue weighted by molar-refractivity contribution is 9.11. The van der Waals surface area contributed by atoms with E-state index in [0.717, 1.165) is 19.5 Å². The van der Waals surface area contributed by atoms with E-state index in [1.165, 1.54) is 11.8 Å². The maximum atomic E-state index is 12.0. The van der Waals surface area contributed by atoms with Crippen molar-refractivity contribution in [1.82, 2.24) is 0 Å². The first kappa shape index (κ1) is 15.4. The monoisotopic (exact) mass is 414 g/mol. The third-order valence-electron chi connectivity index (χ3n) is 2.48. The van der Waals surface area contributed by atoms with Crippen LogP contribution >= 0.6 is 43.6 Å². The van der Waals surface area contributed by atoms with Crippen LogP contribution < -0.4 is 11.1 Å². The molecule has 20 heavy (non-hydrogen) atoms. The normalized spacial score (nSPS) is 10.3. The number of thioether (sulfide) groups is 1. The molecule has 2 rings (SSSR count). The minimum Gasteiger partial charge on any atom is -0.398 e. The van der Waals surface area contributed by atoms with Gasteiger partial charge in [-0.2, -0.15) is 0 Å². The van der Waals surface area contributed by atoms with Gasteiger partial charge in [0.25, 0.3) is 0 Å². The molecular weight excluding hydrogens is 404 g/mol. The molecule has 3 nitrogen and oxygen atoms in total. The fourth-order valence-corrected chi connectivity index (χ4v) is 3.01. The summed E-state index contributed by atoms with van der Waals surface area (Å²) in [4.78, 5) is 12.9. The number of carbonyl (C=O) groups excluding carboxylic acids is 1. The molecule has 2 aromatic rings. The largest absolute Gasteiger partial charge is 0.398 e. The molecule has 0 aliphatic rings. The van der Waals surface area contributed by atoms with Crippen LogP contribution in [0.3, 0.4) is 0 Å². The van der Waals surface area contributed by atoms with E-state index in [9.17, 15) is 4.79 Å². The number of hydrogen-bond acceptors (Lipinski definition) is 3. The maximum absolute atomic E-state index is 12.0. The van der Waals surface area contributed by atoms with Gasteiger partial charge in [0.05, 0.1) is 11.4 Å². The van der Waals surface area contributed by atoms with Gasteiger partial charge in [-0.1, -0.05) is 28.1 Å². The molecule has 0 saturated carbocycles. The number of nitrogens with one attached hydrogen (secondary N) is 1. The van der Waals surface area contributed by atoms with E-state index in [1.54, 1.807) is 0 Å². The Bertz CT molecular complexity index is 634. The Morgan fingerprint density at radius 1 is 1.20 bits per heavy atom. The Kier molecular flexibility index (Phi) is 5.51. The Morgan fingerprint density at radius 3 is 2.70 bits per heavy atom.